The molecule has 0 aromatic heterocycles. The molecule has 0 atom stereocenters. The normalized spacial score (nSPS) is 16.5. The summed E-state index contributed by atoms with van der Waals surface area (Å²) in [6, 6.07) is 7.17. The fraction of sp³-hybridized carbons (Fsp3) is 0.412. The van der Waals surface area contributed by atoms with E-state index in [4.69, 9.17) is 14.2 Å². The number of anilines is 1. The molecule has 7 heteroatoms. The molecule has 1 aliphatic heterocycles. The van der Waals surface area contributed by atoms with Crippen LogP contribution in [0.2, 0.25) is 0 Å². The highest BCUT2D eigenvalue weighted by Gasteiger charge is 2.38. The summed E-state index contributed by atoms with van der Waals surface area (Å²) in [5, 5.41) is 2.88. The number of ether oxygens (including phenoxy) is 3. The van der Waals surface area contributed by atoms with Crippen molar-refractivity contribution < 1.29 is 23.8 Å². The molecule has 1 aromatic rings. The number of nitrogens with one attached hydrogen (secondary N) is 1. The van der Waals surface area contributed by atoms with Gasteiger partial charge in [0, 0.05) is 32.3 Å². The number of hydrogen-bond donors (Lipinski definition) is 1. The molecule has 0 saturated carbocycles. The van der Waals surface area contributed by atoms with Crippen molar-refractivity contribution in [3.05, 3.63) is 36.0 Å². The number of esters is 2. The van der Waals surface area contributed by atoms with Gasteiger partial charge in [-0.05, 0) is 38.4 Å². The van der Waals surface area contributed by atoms with Gasteiger partial charge in [0.25, 0.3) is 5.79 Å². The van der Waals surface area contributed by atoms with Gasteiger partial charge in [0.2, 0.25) is 0 Å². The molecule has 1 aromatic carbocycles. The predicted molar refractivity (Wildman–Crippen MR) is 88.5 cm³/mol. The Hall–Kier alpha value is -2.54. The van der Waals surface area contributed by atoms with Gasteiger partial charge in [0.05, 0.1) is 0 Å². The van der Waals surface area contributed by atoms with Gasteiger partial charge in [-0.25, -0.2) is 9.59 Å². The number of cyclic esters (lactones) is 2. The maximum Gasteiger partial charge on any atom is 0.350 e. The van der Waals surface area contributed by atoms with Gasteiger partial charge < -0.3 is 24.4 Å². The monoisotopic (exact) mass is 334 g/mol. The Bertz CT molecular complexity index is 613. The Morgan fingerprint density at radius 1 is 1.12 bits per heavy atom. The molecule has 1 heterocycles. The van der Waals surface area contributed by atoms with E-state index in [1.54, 1.807) is 24.3 Å². The van der Waals surface area contributed by atoms with E-state index in [1.807, 2.05) is 19.0 Å². The zero-order chi connectivity index (χ0) is 17.7. The molecule has 7 nitrogen and oxygen atoms in total. The van der Waals surface area contributed by atoms with E-state index in [0.717, 1.165) is 12.3 Å². The maximum absolute atomic E-state index is 11.8. The van der Waals surface area contributed by atoms with Crippen molar-refractivity contribution in [3.8, 4) is 5.75 Å². The van der Waals surface area contributed by atoms with Crippen LogP contribution in [0, 0.1) is 0 Å². The Balaban J connectivity index is 1.94. The largest absolute Gasteiger partial charge is 0.492 e. The molecular formula is C17H22N2O5. The Morgan fingerprint density at radius 3 is 2.25 bits per heavy atom. The third kappa shape index (κ3) is 4.99. The van der Waals surface area contributed by atoms with Crippen LogP contribution in [0.25, 0.3) is 0 Å². The molecule has 0 bridgehead atoms. The SMILES string of the molecule is CN(C)CCOc1ccc(NC=C2C(=O)OC(C)(C)OC2=O)cc1. The number of rotatable bonds is 6. The van der Waals surface area contributed by atoms with Gasteiger partial charge in [-0.1, -0.05) is 0 Å². The first-order chi connectivity index (χ1) is 11.3. The topological polar surface area (TPSA) is 77.1 Å². The summed E-state index contributed by atoms with van der Waals surface area (Å²) in [6.07, 6.45) is 1.28. The summed E-state index contributed by atoms with van der Waals surface area (Å²) in [4.78, 5) is 25.7. The van der Waals surface area contributed by atoms with E-state index in [9.17, 15) is 9.59 Å². The van der Waals surface area contributed by atoms with Crippen LogP contribution in [0.15, 0.2) is 36.0 Å². The van der Waals surface area contributed by atoms with E-state index in [-0.39, 0.29) is 5.57 Å². The first kappa shape index (κ1) is 17.8. The van der Waals surface area contributed by atoms with Gasteiger partial charge >= 0.3 is 11.9 Å². The maximum atomic E-state index is 11.8. The van der Waals surface area contributed by atoms with Crippen molar-refractivity contribution in [2.75, 3.05) is 32.6 Å². The highest BCUT2D eigenvalue weighted by molar-refractivity contribution is 6.15. The summed E-state index contributed by atoms with van der Waals surface area (Å²) < 4.78 is 15.6. The number of nitrogens with zero attached hydrogens (tertiary/aromatic N) is 1. The first-order valence-corrected chi connectivity index (χ1v) is 7.58. The first-order valence-electron chi connectivity index (χ1n) is 7.58. The van der Waals surface area contributed by atoms with E-state index in [0.29, 0.717) is 12.3 Å². The predicted octanol–water partition coefficient (Wildman–Crippen LogP) is 1.76. The Morgan fingerprint density at radius 2 is 1.71 bits per heavy atom. The fourth-order valence-electron chi connectivity index (χ4n) is 1.93. The van der Waals surface area contributed by atoms with Gasteiger partial charge in [0.1, 0.15) is 12.4 Å². The second-order valence-corrected chi connectivity index (χ2v) is 6.06. The molecule has 1 aliphatic rings. The number of carbonyl (C=O) groups excluding carboxylic acids is 2. The molecule has 0 aliphatic carbocycles. The molecule has 0 amide bonds. The average Bonchev–Trinajstić information content (AvgIpc) is 2.46. The van der Waals surface area contributed by atoms with Crippen LogP contribution in [0.3, 0.4) is 0 Å². The average molecular weight is 334 g/mol. The van der Waals surface area contributed by atoms with Crippen molar-refractivity contribution in [1.29, 1.82) is 0 Å². The highest BCUT2D eigenvalue weighted by atomic mass is 16.7. The van der Waals surface area contributed by atoms with Crippen LogP contribution in [0.5, 0.6) is 5.75 Å². The Kier molecular flexibility index (Phi) is 5.46. The summed E-state index contributed by atoms with van der Waals surface area (Å²) in [5.74, 6) is -1.93. The fourth-order valence-corrected chi connectivity index (χ4v) is 1.93. The van der Waals surface area contributed by atoms with E-state index in [1.165, 1.54) is 20.0 Å². The summed E-state index contributed by atoms with van der Waals surface area (Å²) in [5.41, 5.74) is 0.522. The number of benzene rings is 1. The third-order valence-corrected chi connectivity index (χ3v) is 3.16. The lowest BCUT2D eigenvalue weighted by Crippen LogP contribution is -2.42. The van der Waals surface area contributed by atoms with Gasteiger partial charge in [-0.3, -0.25) is 0 Å². The standard InChI is InChI=1S/C17H22N2O5/c1-17(2)23-15(20)14(16(21)24-17)11-18-12-5-7-13(8-6-12)22-10-9-19(3)4/h5-8,11,18H,9-10H2,1-4H3. The van der Waals surface area contributed by atoms with Crippen molar-refractivity contribution in [3.63, 3.8) is 0 Å². The lowest BCUT2D eigenvalue weighted by molar-refractivity contribution is -0.222. The molecule has 0 unspecified atom stereocenters. The molecule has 24 heavy (non-hydrogen) atoms. The zero-order valence-electron chi connectivity index (χ0n) is 14.3. The zero-order valence-corrected chi connectivity index (χ0v) is 14.3. The van der Waals surface area contributed by atoms with E-state index >= 15 is 0 Å². The van der Waals surface area contributed by atoms with E-state index < -0.39 is 17.7 Å². The van der Waals surface area contributed by atoms with Crippen LogP contribution < -0.4 is 10.1 Å². The van der Waals surface area contributed by atoms with Gasteiger partial charge in [0.15, 0.2) is 5.57 Å². The molecule has 2 rings (SSSR count). The minimum Gasteiger partial charge on any atom is -0.492 e. The van der Waals surface area contributed by atoms with Crippen molar-refractivity contribution in [2.24, 2.45) is 0 Å². The van der Waals surface area contributed by atoms with Gasteiger partial charge in [-0.2, -0.15) is 0 Å². The lowest BCUT2D eigenvalue weighted by atomic mass is 10.2. The van der Waals surface area contributed by atoms with Crippen LogP contribution in [0.4, 0.5) is 5.69 Å². The van der Waals surface area contributed by atoms with Crippen LogP contribution >= 0.6 is 0 Å². The van der Waals surface area contributed by atoms with Crippen LogP contribution in [-0.4, -0.2) is 49.9 Å². The number of likely N-dealkylation sites (N-methyl/N-ethyl adjacent to an activating group) is 1. The molecule has 0 radical (unpaired) electrons. The second kappa shape index (κ2) is 7.35. The number of hydrogen-bond acceptors (Lipinski definition) is 7. The summed E-state index contributed by atoms with van der Waals surface area (Å²) in [6.45, 7) is 4.42. The molecule has 0 spiro atoms. The minimum atomic E-state index is -1.24. The molecule has 130 valence electrons. The summed E-state index contributed by atoms with van der Waals surface area (Å²) >= 11 is 0. The quantitative estimate of drug-likeness (QED) is 0.482. The minimum absolute atomic E-state index is 0.180. The molecule has 1 fully saturated rings. The molecule has 1 N–H and O–H groups in total. The Labute approximate surface area is 141 Å². The highest BCUT2D eigenvalue weighted by Crippen LogP contribution is 2.23. The van der Waals surface area contributed by atoms with E-state index in [2.05, 4.69) is 5.32 Å². The third-order valence-electron chi connectivity index (χ3n) is 3.16. The van der Waals surface area contributed by atoms with Crippen molar-refractivity contribution >= 4 is 17.6 Å². The molecular weight excluding hydrogens is 312 g/mol. The van der Waals surface area contributed by atoms with Gasteiger partial charge in [-0.15, -0.1) is 0 Å². The summed E-state index contributed by atoms with van der Waals surface area (Å²) in [7, 11) is 3.96. The lowest BCUT2D eigenvalue weighted by Gasteiger charge is -2.29. The number of carbonyl (C=O) groups is 2. The molecule has 1 saturated heterocycles. The van der Waals surface area contributed by atoms with Crippen molar-refractivity contribution in [2.45, 2.75) is 19.6 Å². The van der Waals surface area contributed by atoms with Crippen LogP contribution in [-0.2, 0) is 19.1 Å². The smallest absolute Gasteiger partial charge is 0.350 e. The van der Waals surface area contributed by atoms with Crippen molar-refractivity contribution in [1.82, 2.24) is 4.90 Å². The van der Waals surface area contributed by atoms with Crippen LogP contribution in [0.1, 0.15) is 13.8 Å². The second-order valence-electron chi connectivity index (χ2n) is 6.06.